The Kier molecular flexibility index (Phi) is 8.56. The fraction of sp³-hybridized carbons (Fsp3) is 0.750. The lowest BCUT2D eigenvalue weighted by molar-refractivity contribution is -0.271. The molecule has 0 aromatic carbocycles. The van der Waals surface area contributed by atoms with E-state index in [1.807, 2.05) is 0 Å². The molecule has 17 nitrogen and oxygen atoms in total. The van der Waals surface area contributed by atoms with Crippen LogP contribution in [0.4, 0.5) is 0 Å². The predicted molar refractivity (Wildman–Crippen MR) is 111 cm³/mol. The molecule has 7 N–H and O–H groups in total. The van der Waals surface area contributed by atoms with Crippen LogP contribution in [-0.4, -0.2) is 89.3 Å². The van der Waals surface area contributed by atoms with Gasteiger partial charge in [-0.15, -0.1) is 0 Å². The van der Waals surface area contributed by atoms with Crippen LogP contribution in [-0.2, 0) is 32.0 Å². The van der Waals surface area contributed by atoms with Crippen molar-refractivity contribution < 1.29 is 62.2 Å². The minimum atomic E-state index is -5.44. The zero-order valence-corrected chi connectivity index (χ0v) is 20.1. The summed E-state index contributed by atoms with van der Waals surface area (Å²) in [4.78, 5) is 45.2. The smallest absolute Gasteiger partial charge is 0.390 e. The lowest BCUT2D eigenvalue weighted by Gasteiger charge is -2.38. The van der Waals surface area contributed by atoms with Gasteiger partial charge in [0.15, 0.2) is 6.29 Å². The Balaban J connectivity index is 1.59. The van der Waals surface area contributed by atoms with E-state index in [1.165, 1.54) is 20.0 Å². The summed E-state index contributed by atoms with van der Waals surface area (Å²) >= 11 is 0. The van der Waals surface area contributed by atoms with Crippen LogP contribution in [0.25, 0.3) is 0 Å². The number of rotatable bonds is 8. The topological polar surface area (TPSA) is 257 Å². The van der Waals surface area contributed by atoms with E-state index in [0.717, 1.165) is 4.57 Å². The highest BCUT2D eigenvalue weighted by molar-refractivity contribution is 7.61. The second kappa shape index (κ2) is 10.6. The van der Waals surface area contributed by atoms with Crippen molar-refractivity contribution >= 4 is 15.6 Å². The zero-order chi connectivity index (χ0) is 26.3. The summed E-state index contributed by atoms with van der Waals surface area (Å²) in [7, 11) is -10.8. The summed E-state index contributed by atoms with van der Waals surface area (Å²) in [5, 5.41) is 39.3. The summed E-state index contributed by atoms with van der Waals surface area (Å²) in [5.74, 6) is 0. The van der Waals surface area contributed by atoms with Gasteiger partial charge in [0.25, 0.3) is 5.56 Å². The minimum absolute atomic E-state index is 0.152. The third-order valence-corrected chi connectivity index (χ3v) is 7.91. The number of phosphoric ester groups is 2. The van der Waals surface area contributed by atoms with Crippen molar-refractivity contribution in [3.8, 4) is 0 Å². The molecule has 2 unspecified atom stereocenters. The average molecular weight is 548 g/mol. The van der Waals surface area contributed by atoms with Gasteiger partial charge in [-0.1, -0.05) is 0 Å². The minimum Gasteiger partial charge on any atom is -0.390 e. The molecule has 0 radical (unpaired) electrons. The Morgan fingerprint density at radius 1 is 1.09 bits per heavy atom. The summed E-state index contributed by atoms with van der Waals surface area (Å²) in [6.45, 7) is 1.88. The van der Waals surface area contributed by atoms with Crippen molar-refractivity contribution in [3.05, 3.63) is 32.6 Å². The van der Waals surface area contributed by atoms with Crippen molar-refractivity contribution in [2.75, 3.05) is 6.61 Å². The molecule has 0 aliphatic carbocycles. The molecule has 19 heteroatoms. The van der Waals surface area contributed by atoms with E-state index < -0.39 is 82.6 Å². The molecule has 0 bridgehead atoms. The molecule has 3 rings (SSSR count). The summed E-state index contributed by atoms with van der Waals surface area (Å²) in [6, 6.07) is 0. The van der Waals surface area contributed by atoms with Crippen LogP contribution in [0.5, 0.6) is 0 Å². The highest BCUT2D eigenvalue weighted by Gasteiger charge is 2.47. The number of nitrogens with zero attached hydrogens (tertiary/aromatic N) is 1. The van der Waals surface area contributed by atoms with Gasteiger partial charge < -0.3 is 39.7 Å². The van der Waals surface area contributed by atoms with E-state index in [4.69, 9.17) is 9.47 Å². The molecular weight excluding hydrogens is 522 g/mol. The quantitative estimate of drug-likeness (QED) is 0.167. The van der Waals surface area contributed by atoms with Crippen LogP contribution < -0.4 is 11.2 Å². The van der Waals surface area contributed by atoms with E-state index >= 15 is 0 Å². The van der Waals surface area contributed by atoms with Gasteiger partial charge in [0.1, 0.15) is 30.6 Å². The van der Waals surface area contributed by atoms with Gasteiger partial charge >= 0.3 is 21.3 Å². The molecule has 3 heterocycles. The third-order valence-electron chi connectivity index (χ3n) is 5.31. The number of hydrogen-bond donors (Lipinski definition) is 7. The SMILES string of the molecule is Cc1cn([C@H]2C[C@H](O)[C@@H](COP(=O)(O)OP(=O)(O)O[C@@H]3O[C@@H](C)[C@H](O)[C@@H](O)[C@H]3O)O2)c(=O)[nH]c1=O. The number of aryl methyl sites for hydroxylation is 1. The van der Waals surface area contributed by atoms with Crippen LogP contribution >= 0.6 is 15.6 Å². The second-order valence-electron chi connectivity index (χ2n) is 8.01. The van der Waals surface area contributed by atoms with Crippen molar-refractivity contribution in [3.63, 3.8) is 0 Å². The normalized spacial score (nSPS) is 37.0. The molecule has 2 aliphatic heterocycles. The summed E-state index contributed by atoms with van der Waals surface area (Å²) < 4.78 is 49.0. The fourth-order valence-corrected chi connectivity index (χ4v) is 5.57. The van der Waals surface area contributed by atoms with Gasteiger partial charge in [0, 0.05) is 18.2 Å². The van der Waals surface area contributed by atoms with E-state index in [1.54, 1.807) is 0 Å². The Morgan fingerprint density at radius 3 is 2.40 bits per heavy atom. The van der Waals surface area contributed by atoms with Crippen LogP contribution in [0.1, 0.15) is 25.1 Å². The average Bonchev–Trinajstić information content (AvgIpc) is 3.11. The van der Waals surface area contributed by atoms with Crippen LogP contribution in [0, 0.1) is 6.92 Å². The number of ether oxygens (including phenoxy) is 2. The monoisotopic (exact) mass is 548 g/mol. The number of H-pyrrole nitrogens is 1. The zero-order valence-electron chi connectivity index (χ0n) is 18.3. The molecule has 200 valence electrons. The highest BCUT2D eigenvalue weighted by Crippen LogP contribution is 2.61. The van der Waals surface area contributed by atoms with E-state index in [2.05, 4.69) is 18.3 Å². The maximum absolute atomic E-state index is 12.2. The van der Waals surface area contributed by atoms with Crippen molar-refractivity contribution in [1.82, 2.24) is 9.55 Å². The summed E-state index contributed by atoms with van der Waals surface area (Å²) in [5.41, 5.74) is -1.23. The van der Waals surface area contributed by atoms with Gasteiger partial charge in [-0.25, -0.2) is 13.9 Å². The fourth-order valence-electron chi connectivity index (χ4n) is 3.41. The Hall–Kier alpha value is -1.30. The lowest BCUT2D eigenvalue weighted by atomic mass is 10.0. The largest absolute Gasteiger partial charge is 0.483 e. The number of aliphatic hydroxyl groups is 4. The summed E-state index contributed by atoms with van der Waals surface area (Å²) in [6.07, 6.45) is -11.0. The van der Waals surface area contributed by atoms with Gasteiger partial charge in [-0.05, 0) is 13.8 Å². The van der Waals surface area contributed by atoms with Crippen LogP contribution in [0.2, 0.25) is 0 Å². The van der Waals surface area contributed by atoms with Crippen molar-refractivity contribution in [1.29, 1.82) is 0 Å². The Labute approximate surface area is 196 Å². The molecule has 1 aromatic heterocycles. The Bertz CT molecular complexity index is 1120. The lowest BCUT2D eigenvalue weighted by Crippen LogP contribution is -2.57. The third kappa shape index (κ3) is 6.72. The molecule has 2 fully saturated rings. The molecule has 2 saturated heterocycles. The van der Waals surface area contributed by atoms with Gasteiger partial charge in [0.2, 0.25) is 0 Å². The first-order valence-electron chi connectivity index (χ1n) is 10.2. The first kappa shape index (κ1) is 28.3. The van der Waals surface area contributed by atoms with E-state index in [9.17, 15) is 48.9 Å². The standard InChI is InChI=1S/C16H26N2O15P2/c1-6-4-18(16(24)17-14(6)23)10-3-8(19)9(31-10)5-29-34(25,26)33-35(27,28)32-15-13(22)12(21)11(20)7(2)30-15/h4,7-13,15,19-22H,3,5H2,1-2H3,(H,25,26)(H,27,28)(H,17,23,24)/t7-,8-,9+,10+,11-,12+,13+,15-/m0/s1. The molecule has 0 saturated carbocycles. The first-order chi connectivity index (χ1) is 16.1. The van der Waals surface area contributed by atoms with E-state index in [0.29, 0.717) is 0 Å². The highest BCUT2D eigenvalue weighted by atomic mass is 31.3. The predicted octanol–water partition coefficient (Wildman–Crippen LogP) is -2.43. The van der Waals surface area contributed by atoms with Crippen LogP contribution in [0.15, 0.2) is 15.8 Å². The molecule has 0 amide bonds. The number of aromatic amines is 1. The van der Waals surface area contributed by atoms with Crippen molar-refractivity contribution in [2.24, 2.45) is 0 Å². The maximum Gasteiger partial charge on any atom is 0.483 e. The number of aliphatic hydroxyl groups excluding tert-OH is 4. The molecular formula is C16H26N2O15P2. The molecule has 35 heavy (non-hydrogen) atoms. The number of nitrogens with one attached hydrogen (secondary N) is 1. The number of hydrogen-bond acceptors (Lipinski definition) is 13. The number of phosphoric acid groups is 2. The van der Waals surface area contributed by atoms with Crippen molar-refractivity contribution in [2.45, 2.75) is 69.4 Å². The maximum atomic E-state index is 12.2. The second-order valence-corrected chi connectivity index (χ2v) is 11.0. The van der Waals surface area contributed by atoms with Gasteiger partial charge in [0.05, 0.1) is 18.8 Å². The van der Waals surface area contributed by atoms with Crippen LogP contribution in [0.3, 0.4) is 0 Å². The Morgan fingerprint density at radius 2 is 1.74 bits per heavy atom. The molecule has 0 spiro atoms. The molecule has 2 aliphatic rings. The molecule has 1 aromatic rings. The number of aromatic nitrogens is 2. The molecule has 10 atom stereocenters. The van der Waals surface area contributed by atoms with E-state index in [-0.39, 0.29) is 12.0 Å². The van der Waals surface area contributed by atoms with Gasteiger partial charge in [-0.3, -0.25) is 23.4 Å². The first-order valence-corrected chi connectivity index (χ1v) is 13.1. The van der Waals surface area contributed by atoms with Gasteiger partial charge in [-0.2, -0.15) is 4.31 Å².